The minimum Gasteiger partial charge on any atom is -0.354 e. The van der Waals surface area contributed by atoms with E-state index in [1.807, 2.05) is 30.3 Å². The Kier molecular flexibility index (Phi) is 5.93. The summed E-state index contributed by atoms with van der Waals surface area (Å²) in [6.45, 7) is 3.31. The molecule has 0 saturated carbocycles. The Hall–Kier alpha value is -4.63. The van der Waals surface area contributed by atoms with Crippen LogP contribution in [0, 0.1) is 5.82 Å². The molecule has 0 unspecified atom stereocenters. The second-order valence-electron chi connectivity index (χ2n) is 9.41. The van der Waals surface area contributed by atoms with Crippen molar-refractivity contribution < 1.29 is 14.0 Å². The van der Waals surface area contributed by atoms with Crippen LogP contribution in [-0.4, -0.2) is 34.4 Å². The van der Waals surface area contributed by atoms with E-state index >= 15 is 0 Å². The van der Waals surface area contributed by atoms with E-state index in [1.54, 1.807) is 51.5 Å². The number of fused-ring (bicyclic) bond motifs is 2. The molecule has 9 heteroatoms. The van der Waals surface area contributed by atoms with Gasteiger partial charge in [0.05, 0.1) is 33.5 Å². The van der Waals surface area contributed by atoms with Crippen LogP contribution >= 0.6 is 0 Å². The van der Waals surface area contributed by atoms with Crippen molar-refractivity contribution in [3.63, 3.8) is 0 Å². The normalized spacial score (nSPS) is 14.2. The van der Waals surface area contributed by atoms with Crippen molar-refractivity contribution in [1.82, 2.24) is 9.97 Å². The number of carbonyl (C=O) groups is 2. The van der Waals surface area contributed by atoms with E-state index in [1.165, 1.54) is 17.0 Å². The van der Waals surface area contributed by atoms with Gasteiger partial charge in [-0.2, -0.15) is 0 Å². The molecular formula is C28H25FN6O2. The van der Waals surface area contributed by atoms with Crippen LogP contribution in [0.2, 0.25) is 0 Å². The number of aromatic nitrogens is 2. The van der Waals surface area contributed by atoms with Gasteiger partial charge in [-0.1, -0.05) is 6.07 Å². The second-order valence-corrected chi connectivity index (χ2v) is 9.41. The van der Waals surface area contributed by atoms with E-state index < -0.39 is 11.4 Å². The molecule has 0 radical (unpaired) electrons. The summed E-state index contributed by atoms with van der Waals surface area (Å²) in [6, 6.07) is 16.9. The maximum atomic E-state index is 13.9. The molecule has 0 bridgehead atoms. The third kappa shape index (κ3) is 4.64. The molecule has 1 aromatic heterocycles. The first-order chi connectivity index (χ1) is 17.6. The molecule has 186 valence electrons. The van der Waals surface area contributed by atoms with Gasteiger partial charge in [-0.25, -0.2) is 4.39 Å². The average Bonchev–Trinajstić information content (AvgIpc) is 3.20. The van der Waals surface area contributed by atoms with Gasteiger partial charge in [0, 0.05) is 41.9 Å². The van der Waals surface area contributed by atoms with Crippen LogP contribution in [0.15, 0.2) is 73.1 Å². The Labute approximate surface area is 213 Å². The van der Waals surface area contributed by atoms with Crippen LogP contribution in [-0.2, 0) is 9.59 Å². The second kappa shape index (κ2) is 9.11. The number of carbonyl (C=O) groups excluding carboxylic acids is 2. The van der Waals surface area contributed by atoms with Crippen molar-refractivity contribution in [2.24, 2.45) is 5.73 Å². The summed E-state index contributed by atoms with van der Waals surface area (Å²) in [7, 11) is 1.67. The van der Waals surface area contributed by atoms with Crippen molar-refractivity contribution in [1.29, 1.82) is 0 Å². The number of nitrogens with zero attached hydrogens (tertiary/aromatic N) is 3. The fraction of sp³-hybridized carbons (Fsp3) is 0.143. The number of halogens is 1. The molecule has 0 atom stereocenters. The van der Waals surface area contributed by atoms with Gasteiger partial charge < -0.3 is 21.3 Å². The molecule has 0 spiro atoms. The summed E-state index contributed by atoms with van der Waals surface area (Å²) in [4.78, 5) is 35.9. The van der Waals surface area contributed by atoms with Gasteiger partial charge in [0.25, 0.3) is 5.91 Å². The number of hydrogen-bond donors (Lipinski definition) is 3. The standard InChI is InChI=1S/C28H25FN6O2/c1-28(2,30)27(37)35(3)19-8-6-18(7-9-19)33-25(16-4-11-21-23(14-16)32-13-12-31-21)24-20-10-5-17(29)15-22(20)34-26(24)36/h4-15,33H,30H2,1-3H3,(H,34,36)/b25-24-. The molecule has 0 fully saturated rings. The van der Waals surface area contributed by atoms with E-state index in [4.69, 9.17) is 5.73 Å². The highest BCUT2D eigenvalue weighted by Crippen LogP contribution is 2.38. The number of likely N-dealkylation sites (N-methyl/N-ethyl adjacent to an activating group) is 1. The zero-order valence-corrected chi connectivity index (χ0v) is 20.5. The quantitative estimate of drug-likeness (QED) is 0.353. The SMILES string of the molecule is CN(C(=O)C(C)(C)N)c1ccc(N/C(=C2\C(=O)Nc3cc(F)ccc32)c2ccc3nccnc3c2)cc1. The maximum Gasteiger partial charge on any atom is 0.258 e. The number of hydrogen-bond acceptors (Lipinski definition) is 6. The Morgan fingerprint density at radius 1 is 1.00 bits per heavy atom. The maximum absolute atomic E-state index is 13.9. The van der Waals surface area contributed by atoms with Crippen LogP contribution in [0.25, 0.3) is 22.3 Å². The van der Waals surface area contributed by atoms with Crippen LogP contribution in [0.1, 0.15) is 25.0 Å². The molecule has 1 aliphatic rings. The fourth-order valence-electron chi connectivity index (χ4n) is 4.25. The lowest BCUT2D eigenvalue weighted by Gasteiger charge is -2.26. The van der Waals surface area contributed by atoms with Gasteiger partial charge in [0.1, 0.15) is 5.82 Å². The van der Waals surface area contributed by atoms with Gasteiger partial charge >= 0.3 is 0 Å². The Bertz CT molecular complexity index is 1570. The average molecular weight is 497 g/mol. The van der Waals surface area contributed by atoms with Gasteiger partial charge in [-0.3, -0.25) is 19.6 Å². The molecule has 4 N–H and O–H groups in total. The number of anilines is 3. The van der Waals surface area contributed by atoms with E-state index in [0.717, 1.165) is 0 Å². The van der Waals surface area contributed by atoms with Crippen molar-refractivity contribution in [3.05, 3.63) is 90.0 Å². The molecule has 0 saturated heterocycles. The molecule has 4 aromatic rings. The number of benzene rings is 3. The first-order valence-corrected chi connectivity index (χ1v) is 11.6. The highest BCUT2D eigenvalue weighted by atomic mass is 19.1. The van der Waals surface area contributed by atoms with Crippen LogP contribution in [0.4, 0.5) is 21.5 Å². The minimum absolute atomic E-state index is 0.222. The Balaban J connectivity index is 1.59. The summed E-state index contributed by atoms with van der Waals surface area (Å²) in [5.74, 6) is -1.01. The molecular weight excluding hydrogens is 471 g/mol. The fourth-order valence-corrected chi connectivity index (χ4v) is 4.25. The molecule has 0 aliphatic carbocycles. The lowest BCUT2D eigenvalue weighted by atomic mass is 9.99. The molecule has 2 amide bonds. The minimum atomic E-state index is -1.01. The molecule has 8 nitrogen and oxygen atoms in total. The molecule has 3 aromatic carbocycles. The van der Waals surface area contributed by atoms with Gasteiger partial charge in [-0.05, 0) is 68.4 Å². The topological polar surface area (TPSA) is 113 Å². The molecule has 1 aliphatic heterocycles. The van der Waals surface area contributed by atoms with E-state index in [2.05, 4.69) is 20.6 Å². The highest BCUT2D eigenvalue weighted by molar-refractivity contribution is 6.37. The Morgan fingerprint density at radius 2 is 1.70 bits per heavy atom. The predicted octanol–water partition coefficient (Wildman–Crippen LogP) is 4.40. The van der Waals surface area contributed by atoms with Crippen molar-refractivity contribution >= 4 is 51.2 Å². The summed E-state index contributed by atoms with van der Waals surface area (Å²) in [5, 5.41) is 6.11. The molecule has 2 heterocycles. The van der Waals surface area contributed by atoms with E-state index in [0.29, 0.717) is 50.5 Å². The summed E-state index contributed by atoms with van der Waals surface area (Å²) < 4.78 is 13.9. The summed E-state index contributed by atoms with van der Waals surface area (Å²) in [6.07, 6.45) is 3.22. The first kappa shape index (κ1) is 24.1. The van der Waals surface area contributed by atoms with Crippen LogP contribution in [0.3, 0.4) is 0 Å². The van der Waals surface area contributed by atoms with Gasteiger partial charge in [0.2, 0.25) is 5.91 Å². The van der Waals surface area contributed by atoms with Crippen molar-refractivity contribution in [2.75, 3.05) is 22.6 Å². The van der Waals surface area contributed by atoms with Gasteiger partial charge in [0.15, 0.2) is 0 Å². The number of rotatable bonds is 5. The lowest BCUT2D eigenvalue weighted by Crippen LogP contribution is -2.49. The van der Waals surface area contributed by atoms with Crippen molar-refractivity contribution in [3.8, 4) is 0 Å². The third-order valence-corrected chi connectivity index (χ3v) is 6.11. The first-order valence-electron chi connectivity index (χ1n) is 11.6. The smallest absolute Gasteiger partial charge is 0.258 e. The summed E-state index contributed by atoms with van der Waals surface area (Å²) in [5.41, 5.74) is 10.3. The summed E-state index contributed by atoms with van der Waals surface area (Å²) >= 11 is 0. The predicted molar refractivity (Wildman–Crippen MR) is 143 cm³/mol. The zero-order valence-electron chi connectivity index (χ0n) is 20.5. The van der Waals surface area contributed by atoms with Crippen LogP contribution in [0.5, 0.6) is 0 Å². The number of nitrogens with two attached hydrogens (primary N) is 1. The molecule has 5 rings (SSSR count). The van der Waals surface area contributed by atoms with Crippen molar-refractivity contribution in [2.45, 2.75) is 19.4 Å². The highest BCUT2D eigenvalue weighted by Gasteiger charge is 2.29. The Morgan fingerprint density at radius 3 is 2.41 bits per heavy atom. The number of amides is 2. The third-order valence-electron chi connectivity index (χ3n) is 6.11. The monoisotopic (exact) mass is 496 g/mol. The lowest BCUT2D eigenvalue weighted by molar-refractivity contribution is -0.122. The zero-order chi connectivity index (χ0) is 26.3. The van der Waals surface area contributed by atoms with Gasteiger partial charge in [-0.15, -0.1) is 0 Å². The largest absolute Gasteiger partial charge is 0.354 e. The molecule has 37 heavy (non-hydrogen) atoms. The van der Waals surface area contributed by atoms with E-state index in [-0.39, 0.29) is 11.8 Å². The van der Waals surface area contributed by atoms with Crippen LogP contribution < -0.4 is 21.3 Å². The number of nitrogens with one attached hydrogen (secondary N) is 2. The van der Waals surface area contributed by atoms with E-state index in [9.17, 15) is 14.0 Å².